The molecule has 3 heteroatoms. The number of hydrogen-bond acceptors (Lipinski definition) is 2. The highest BCUT2D eigenvalue weighted by molar-refractivity contribution is 6.02. The molecule has 0 aromatic carbocycles. The first-order valence-electron chi connectivity index (χ1n) is 8.43. The van der Waals surface area contributed by atoms with Gasteiger partial charge in [0.1, 0.15) is 0 Å². The molecule has 0 amide bonds. The molecule has 1 saturated carbocycles. The normalized spacial score (nSPS) is 39.2. The van der Waals surface area contributed by atoms with Crippen molar-refractivity contribution in [3.8, 4) is 0 Å². The first-order valence-corrected chi connectivity index (χ1v) is 8.43. The topological polar surface area (TPSA) is 30.7 Å². The molecule has 0 radical (unpaired) electrons. The third-order valence-electron chi connectivity index (χ3n) is 6.35. The molecule has 22 heavy (non-hydrogen) atoms. The summed E-state index contributed by atoms with van der Waals surface area (Å²) in [6.45, 7) is 17.8. The van der Waals surface area contributed by atoms with Crippen LogP contribution in [0.25, 0.3) is 4.85 Å². The van der Waals surface area contributed by atoms with E-state index in [2.05, 4.69) is 18.7 Å². The monoisotopic (exact) mass is 301 g/mol. The number of fused-ring (bicyclic) bond motifs is 1. The van der Waals surface area contributed by atoms with Crippen LogP contribution in [0.1, 0.15) is 53.4 Å². The molecule has 0 N–H and O–H groups in total. The molecule has 120 valence electrons. The van der Waals surface area contributed by atoms with E-state index in [9.17, 15) is 4.79 Å². The summed E-state index contributed by atoms with van der Waals surface area (Å²) < 4.78 is 5.40. The Hall–Kier alpha value is -1.14. The van der Waals surface area contributed by atoms with Crippen molar-refractivity contribution in [3.05, 3.63) is 23.2 Å². The van der Waals surface area contributed by atoms with Crippen LogP contribution in [0.4, 0.5) is 0 Å². The fourth-order valence-electron chi connectivity index (χ4n) is 5.33. The number of hydrogen-bond donors (Lipinski definition) is 0. The molecular weight excluding hydrogens is 274 g/mol. The van der Waals surface area contributed by atoms with E-state index >= 15 is 0 Å². The number of carbonyl (C=O) groups is 1. The number of ketones is 1. The quantitative estimate of drug-likeness (QED) is 0.714. The molecule has 3 rings (SSSR count). The summed E-state index contributed by atoms with van der Waals surface area (Å²) in [6, 6.07) is 0. The maximum absolute atomic E-state index is 12.5. The summed E-state index contributed by atoms with van der Waals surface area (Å²) in [5.41, 5.74) is 0.293. The van der Waals surface area contributed by atoms with E-state index in [1.54, 1.807) is 0 Å². The molecule has 0 aromatic rings. The Morgan fingerprint density at radius 2 is 1.95 bits per heavy atom. The molecule has 1 heterocycles. The van der Waals surface area contributed by atoms with E-state index in [0.29, 0.717) is 22.9 Å². The first-order chi connectivity index (χ1) is 10.2. The van der Waals surface area contributed by atoms with Gasteiger partial charge in [-0.2, -0.15) is 0 Å². The zero-order valence-electron chi connectivity index (χ0n) is 14.2. The number of allylic oxidation sites excluding steroid dienone is 2. The lowest BCUT2D eigenvalue weighted by molar-refractivity contribution is -0.135. The second-order valence-corrected chi connectivity index (χ2v) is 8.91. The zero-order chi connectivity index (χ0) is 16.2. The van der Waals surface area contributed by atoms with E-state index in [1.165, 1.54) is 12.8 Å². The highest BCUT2D eigenvalue weighted by atomic mass is 16.5. The Morgan fingerprint density at radius 3 is 2.50 bits per heavy atom. The molecule has 2 aliphatic carbocycles. The maximum atomic E-state index is 12.5. The van der Waals surface area contributed by atoms with Gasteiger partial charge in [0.05, 0.1) is 19.8 Å². The van der Waals surface area contributed by atoms with Gasteiger partial charge in [-0.3, -0.25) is 0 Å². The van der Waals surface area contributed by atoms with Crippen LogP contribution >= 0.6 is 0 Å². The highest BCUT2D eigenvalue weighted by Gasteiger charge is 2.53. The van der Waals surface area contributed by atoms with Gasteiger partial charge in [-0.1, -0.05) is 40.2 Å². The molecular formula is C19H27NO2. The lowest BCUT2D eigenvalue weighted by Crippen LogP contribution is -2.50. The Balaban J connectivity index is 1.86. The van der Waals surface area contributed by atoms with Crippen LogP contribution in [-0.2, 0) is 9.53 Å². The number of carbonyl (C=O) groups excluding carboxylic acids is 1. The van der Waals surface area contributed by atoms with Gasteiger partial charge >= 0.3 is 0 Å². The summed E-state index contributed by atoms with van der Waals surface area (Å²) in [5, 5.41) is 0. The van der Waals surface area contributed by atoms with E-state index in [4.69, 9.17) is 11.3 Å². The van der Waals surface area contributed by atoms with E-state index in [-0.39, 0.29) is 11.2 Å². The minimum absolute atomic E-state index is 0.0127. The summed E-state index contributed by atoms with van der Waals surface area (Å²) in [6.07, 6.45) is 6.62. The fraction of sp³-hybridized carbons (Fsp3) is 0.789. The molecule has 3 atom stereocenters. The maximum Gasteiger partial charge on any atom is 0.226 e. The van der Waals surface area contributed by atoms with Gasteiger partial charge in [-0.25, -0.2) is 4.85 Å². The van der Waals surface area contributed by atoms with Gasteiger partial charge in [0.2, 0.25) is 5.70 Å². The number of Topliss-reactive ketones (excluding diaryl/α,β-unsaturated/α-hetero) is 1. The van der Waals surface area contributed by atoms with Gasteiger partial charge in [-0.05, 0) is 36.5 Å². The Morgan fingerprint density at radius 1 is 1.27 bits per heavy atom. The molecule has 0 bridgehead atoms. The van der Waals surface area contributed by atoms with Crippen molar-refractivity contribution in [2.45, 2.75) is 53.4 Å². The van der Waals surface area contributed by atoms with Gasteiger partial charge in [-0.15, -0.1) is 0 Å². The van der Waals surface area contributed by atoms with Crippen molar-refractivity contribution in [3.63, 3.8) is 0 Å². The SMILES string of the molecule is [C-]#[N+]C1=C[C@@]2(C)C[C@H](CC3(C)COC3)CC[C@@H]2C(C)(C)C1=O. The molecule has 3 nitrogen and oxygen atoms in total. The summed E-state index contributed by atoms with van der Waals surface area (Å²) in [4.78, 5) is 16.1. The molecule has 0 aromatic heterocycles. The van der Waals surface area contributed by atoms with Crippen molar-refractivity contribution < 1.29 is 9.53 Å². The zero-order valence-corrected chi connectivity index (χ0v) is 14.2. The second kappa shape index (κ2) is 4.93. The summed E-state index contributed by atoms with van der Waals surface area (Å²) in [5.74, 6) is 1.09. The van der Waals surface area contributed by atoms with Crippen LogP contribution in [0.15, 0.2) is 11.8 Å². The van der Waals surface area contributed by atoms with Crippen LogP contribution in [0.5, 0.6) is 0 Å². The molecule has 1 saturated heterocycles. The van der Waals surface area contributed by atoms with Crippen molar-refractivity contribution in [2.75, 3.05) is 13.2 Å². The third kappa shape index (κ3) is 2.33. The minimum atomic E-state index is -0.405. The fourth-order valence-corrected chi connectivity index (χ4v) is 5.33. The minimum Gasteiger partial charge on any atom is -0.380 e. The third-order valence-corrected chi connectivity index (χ3v) is 6.35. The Bertz CT molecular complexity index is 564. The average Bonchev–Trinajstić information content (AvgIpc) is 2.41. The Kier molecular flexibility index (Phi) is 3.53. The van der Waals surface area contributed by atoms with Crippen molar-refractivity contribution in [2.24, 2.45) is 28.1 Å². The lowest BCUT2D eigenvalue weighted by Gasteiger charge is -2.54. The average molecular weight is 301 g/mol. The standard InChI is InChI=1S/C19H27NO2/c1-17(2)15-7-6-13(8-18(3)11-22-12-18)9-19(15,4)10-14(20-5)16(17)21/h10,13,15H,6-9,11-12H2,1-4H3/t13-,15+,19+/m0/s1. The lowest BCUT2D eigenvalue weighted by atomic mass is 9.51. The van der Waals surface area contributed by atoms with Gasteiger partial charge in [0.15, 0.2) is 5.78 Å². The van der Waals surface area contributed by atoms with Crippen LogP contribution < -0.4 is 0 Å². The summed E-state index contributed by atoms with van der Waals surface area (Å²) >= 11 is 0. The van der Waals surface area contributed by atoms with Crippen LogP contribution in [-0.4, -0.2) is 19.0 Å². The Labute approximate surface area is 133 Å². The van der Waals surface area contributed by atoms with E-state index in [1.807, 2.05) is 19.9 Å². The van der Waals surface area contributed by atoms with Gasteiger partial charge in [0, 0.05) is 10.8 Å². The van der Waals surface area contributed by atoms with Crippen LogP contribution in [0.2, 0.25) is 0 Å². The first kappa shape index (κ1) is 15.7. The molecule has 0 spiro atoms. The molecule has 3 aliphatic rings. The number of ether oxygens (including phenoxy) is 1. The van der Waals surface area contributed by atoms with Crippen molar-refractivity contribution in [1.82, 2.24) is 0 Å². The van der Waals surface area contributed by atoms with Crippen molar-refractivity contribution >= 4 is 5.78 Å². The van der Waals surface area contributed by atoms with Crippen molar-refractivity contribution in [1.29, 1.82) is 0 Å². The summed E-state index contributed by atoms with van der Waals surface area (Å²) in [7, 11) is 0. The number of rotatable bonds is 2. The molecule has 0 unspecified atom stereocenters. The van der Waals surface area contributed by atoms with Gasteiger partial charge in [0.25, 0.3) is 0 Å². The smallest absolute Gasteiger partial charge is 0.226 e. The van der Waals surface area contributed by atoms with Crippen LogP contribution in [0.3, 0.4) is 0 Å². The van der Waals surface area contributed by atoms with E-state index in [0.717, 1.165) is 26.1 Å². The largest absolute Gasteiger partial charge is 0.380 e. The predicted molar refractivity (Wildman–Crippen MR) is 86.0 cm³/mol. The second-order valence-electron chi connectivity index (χ2n) is 8.91. The molecule has 2 fully saturated rings. The molecule has 1 aliphatic heterocycles. The predicted octanol–water partition coefficient (Wildman–Crippen LogP) is 4.25. The van der Waals surface area contributed by atoms with Gasteiger partial charge < -0.3 is 9.53 Å². The highest BCUT2D eigenvalue weighted by Crippen LogP contribution is 2.57. The number of nitrogens with zero attached hydrogens (tertiary/aromatic N) is 1. The van der Waals surface area contributed by atoms with Crippen LogP contribution in [0, 0.1) is 34.7 Å². The van der Waals surface area contributed by atoms with E-state index < -0.39 is 5.41 Å².